The number of rotatable bonds is 3. The second-order valence-corrected chi connectivity index (χ2v) is 5.80. The first-order valence-corrected chi connectivity index (χ1v) is 6.72. The highest BCUT2D eigenvalue weighted by Gasteiger charge is 2.45. The van der Waals surface area contributed by atoms with Gasteiger partial charge in [0.1, 0.15) is 0 Å². The molecule has 1 saturated heterocycles. The molecule has 1 heterocycles. The first kappa shape index (κ1) is 11.2. The molecule has 0 amide bonds. The third-order valence-corrected chi connectivity index (χ3v) is 4.49. The Morgan fingerprint density at radius 2 is 1.76 bits per heavy atom. The maximum atomic E-state index is 10.6. The van der Waals surface area contributed by atoms with E-state index < -0.39 is 5.60 Å². The van der Waals surface area contributed by atoms with Gasteiger partial charge >= 0.3 is 0 Å². The fraction of sp³-hybridized carbons (Fsp3) is 0.600. The predicted octanol–water partition coefficient (Wildman–Crippen LogP) is 1.98. The molecule has 2 atom stereocenters. The molecule has 0 radical (unpaired) electrons. The number of nitrogens with one attached hydrogen (secondary N) is 1. The highest BCUT2D eigenvalue weighted by Crippen LogP contribution is 2.43. The van der Waals surface area contributed by atoms with Gasteiger partial charge in [-0.3, -0.25) is 0 Å². The Kier molecular flexibility index (Phi) is 2.93. The van der Waals surface area contributed by atoms with Gasteiger partial charge in [0, 0.05) is 0 Å². The molecule has 1 saturated carbocycles. The minimum absolute atomic E-state index is 0.396. The Morgan fingerprint density at radius 1 is 1.12 bits per heavy atom. The Labute approximate surface area is 103 Å². The number of aryl methyl sites for hydroxylation is 1. The molecule has 92 valence electrons. The minimum Gasteiger partial charge on any atom is -0.390 e. The molecule has 1 aliphatic heterocycles. The van der Waals surface area contributed by atoms with E-state index in [9.17, 15) is 5.11 Å². The highest BCUT2D eigenvalue weighted by molar-refractivity contribution is 5.15. The molecule has 3 rings (SSSR count). The van der Waals surface area contributed by atoms with Crippen LogP contribution in [0.2, 0.25) is 0 Å². The fourth-order valence-electron chi connectivity index (χ4n) is 3.55. The molecule has 0 aromatic heterocycles. The van der Waals surface area contributed by atoms with Gasteiger partial charge in [-0.2, -0.15) is 0 Å². The maximum absolute atomic E-state index is 10.6. The average Bonchev–Trinajstić information content (AvgIpc) is 2.86. The van der Waals surface area contributed by atoms with Crippen LogP contribution >= 0.6 is 0 Å². The summed E-state index contributed by atoms with van der Waals surface area (Å²) in [4.78, 5) is 0. The van der Waals surface area contributed by atoms with Crippen LogP contribution in [0.5, 0.6) is 0 Å². The lowest BCUT2D eigenvalue weighted by Crippen LogP contribution is -2.28. The Hall–Kier alpha value is -0.860. The molecule has 2 heteroatoms. The van der Waals surface area contributed by atoms with Crippen molar-refractivity contribution in [3.05, 3.63) is 35.9 Å². The predicted molar refractivity (Wildman–Crippen MR) is 68.8 cm³/mol. The second-order valence-electron chi connectivity index (χ2n) is 5.80. The standard InChI is InChI=1S/C15H21NO/c17-15(7-6-12-4-2-1-3-5-12)8-13-10-16-11-14(13)9-15/h1-5,13-14,16-17H,6-11H2. The second kappa shape index (κ2) is 4.43. The molecule has 2 aliphatic rings. The quantitative estimate of drug-likeness (QED) is 0.833. The number of benzene rings is 1. The first-order valence-electron chi connectivity index (χ1n) is 6.72. The molecule has 0 spiro atoms. The van der Waals surface area contributed by atoms with E-state index in [2.05, 4.69) is 29.6 Å². The van der Waals surface area contributed by atoms with Crippen molar-refractivity contribution in [1.29, 1.82) is 0 Å². The summed E-state index contributed by atoms with van der Waals surface area (Å²) in [6.45, 7) is 2.22. The molecule has 2 N–H and O–H groups in total. The van der Waals surface area contributed by atoms with E-state index in [1.165, 1.54) is 5.56 Å². The maximum Gasteiger partial charge on any atom is 0.0657 e. The molecule has 0 bridgehead atoms. The van der Waals surface area contributed by atoms with Gasteiger partial charge in [-0.05, 0) is 56.2 Å². The van der Waals surface area contributed by atoms with E-state index in [1.807, 2.05) is 6.07 Å². The summed E-state index contributed by atoms with van der Waals surface area (Å²) in [5.41, 5.74) is 0.948. The van der Waals surface area contributed by atoms with Crippen LogP contribution in [0, 0.1) is 11.8 Å². The van der Waals surface area contributed by atoms with Gasteiger partial charge in [-0.1, -0.05) is 30.3 Å². The molecule has 2 unspecified atom stereocenters. The number of hydrogen-bond donors (Lipinski definition) is 2. The van der Waals surface area contributed by atoms with E-state index in [0.29, 0.717) is 0 Å². The van der Waals surface area contributed by atoms with Gasteiger partial charge in [0.25, 0.3) is 0 Å². The van der Waals surface area contributed by atoms with E-state index in [1.54, 1.807) is 0 Å². The fourth-order valence-corrected chi connectivity index (χ4v) is 3.55. The van der Waals surface area contributed by atoms with Gasteiger partial charge in [0.2, 0.25) is 0 Å². The summed E-state index contributed by atoms with van der Waals surface area (Å²) in [7, 11) is 0. The van der Waals surface area contributed by atoms with Gasteiger partial charge in [0.05, 0.1) is 5.60 Å². The summed E-state index contributed by atoms with van der Waals surface area (Å²) < 4.78 is 0. The van der Waals surface area contributed by atoms with Crippen LogP contribution in [0.15, 0.2) is 30.3 Å². The van der Waals surface area contributed by atoms with Crippen LogP contribution in [-0.2, 0) is 6.42 Å². The van der Waals surface area contributed by atoms with E-state index in [0.717, 1.165) is 50.6 Å². The van der Waals surface area contributed by atoms with Crippen molar-refractivity contribution in [3.8, 4) is 0 Å². The Morgan fingerprint density at radius 3 is 2.41 bits per heavy atom. The van der Waals surface area contributed by atoms with Gasteiger partial charge in [-0.15, -0.1) is 0 Å². The Bertz CT molecular complexity index is 364. The summed E-state index contributed by atoms with van der Waals surface area (Å²) in [6.07, 6.45) is 3.92. The van der Waals surface area contributed by atoms with Crippen molar-refractivity contribution in [2.24, 2.45) is 11.8 Å². The van der Waals surface area contributed by atoms with Crippen molar-refractivity contribution in [2.75, 3.05) is 13.1 Å². The third kappa shape index (κ3) is 2.38. The van der Waals surface area contributed by atoms with E-state index >= 15 is 0 Å². The zero-order chi connectivity index (χ0) is 11.7. The van der Waals surface area contributed by atoms with Crippen LogP contribution in [0.25, 0.3) is 0 Å². The smallest absolute Gasteiger partial charge is 0.0657 e. The zero-order valence-electron chi connectivity index (χ0n) is 10.2. The van der Waals surface area contributed by atoms with Gasteiger partial charge in [-0.25, -0.2) is 0 Å². The lowest BCUT2D eigenvalue weighted by atomic mass is 9.92. The topological polar surface area (TPSA) is 32.3 Å². The van der Waals surface area contributed by atoms with Crippen molar-refractivity contribution >= 4 is 0 Å². The average molecular weight is 231 g/mol. The molecule has 1 aromatic rings. The third-order valence-electron chi connectivity index (χ3n) is 4.49. The summed E-state index contributed by atoms with van der Waals surface area (Å²) in [5, 5.41) is 14.1. The van der Waals surface area contributed by atoms with Gasteiger partial charge in [0.15, 0.2) is 0 Å². The number of aliphatic hydroxyl groups is 1. The molecule has 17 heavy (non-hydrogen) atoms. The number of fused-ring (bicyclic) bond motifs is 1. The van der Waals surface area contributed by atoms with Crippen LogP contribution < -0.4 is 5.32 Å². The van der Waals surface area contributed by atoms with Crippen LogP contribution in [-0.4, -0.2) is 23.8 Å². The Balaban J connectivity index is 1.59. The summed E-state index contributed by atoms with van der Waals surface area (Å²) in [5.74, 6) is 1.44. The minimum atomic E-state index is -0.396. The van der Waals surface area contributed by atoms with Crippen molar-refractivity contribution in [1.82, 2.24) is 5.32 Å². The van der Waals surface area contributed by atoms with Crippen LogP contribution in [0.3, 0.4) is 0 Å². The summed E-state index contributed by atoms with van der Waals surface area (Å²) >= 11 is 0. The van der Waals surface area contributed by atoms with E-state index in [-0.39, 0.29) is 0 Å². The summed E-state index contributed by atoms with van der Waals surface area (Å²) in [6, 6.07) is 10.5. The van der Waals surface area contributed by atoms with Crippen LogP contribution in [0.1, 0.15) is 24.8 Å². The molecular weight excluding hydrogens is 210 g/mol. The monoisotopic (exact) mass is 231 g/mol. The van der Waals surface area contributed by atoms with Crippen molar-refractivity contribution in [2.45, 2.75) is 31.3 Å². The first-order chi connectivity index (χ1) is 8.25. The largest absolute Gasteiger partial charge is 0.390 e. The van der Waals surface area contributed by atoms with E-state index in [4.69, 9.17) is 0 Å². The van der Waals surface area contributed by atoms with Crippen molar-refractivity contribution < 1.29 is 5.11 Å². The highest BCUT2D eigenvalue weighted by atomic mass is 16.3. The molecule has 2 fully saturated rings. The van der Waals surface area contributed by atoms with Crippen LogP contribution in [0.4, 0.5) is 0 Å². The lowest BCUT2D eigenvalue weighted by Gasteiger charge is -2.23. The lowest BCUT2D eigenvalue weighted by molar-refractivity contribution is 0.0310. The normalized spacial score (nSPS) is 36.1. The zero-order valence-corrected chi connectivity index (χ0v) is 10.2. The SMILES string of the molecule is OC1(CCc2ccccc2)CC2CNCC2C1. The molecule has 2 nitrogen and oxygen atoms in total. The molecular formula is C15H21NO. The molecule has 1 aromatic carbocycles. The van der Waals surface area contributed by atoms with Crippen molar-refractivity contribution in [3.63, 3.8) is 0 Å². The number of hydrogen-bond acceptors (Lipinski definition) is 2. The molecule has 1 aliphatic carbocycles. The van der Waals surface area contributed by atoms with Gasteiger partial charge < -0.3 is 10.4 Å².